The molecule has 0 saturated carbocycles. The minimum absolute atomic E-state index is 0. The molecule has 1 amide bonds. The minimum atomic E-state index is 0. The maximum Gasteiger partial charge on any atom is 0.255 e. The fraction of sp³-hybridized carbons (Fsp3) is 0.462. The normalized spacial score (nSPS) is 22.8. The van der Waals surface area contributed by atoms with Crippen molar-refractivity contribution in [3.05, 3.63) is 33.3 Å². The number of carbonyl (C=O) groups is 1. The van der Waals surface area contributed by atoms with E-state index < -0.39 is 0 Å². The van der Waals surface area contributed by atoms with E-state index in [4.69, 9.17) is 11.6 Å². The Hall–Kier alpha value is -0.290. The van der Waals surface area contributed by atoms with Gasteiger partial charge in [-0.15, -0.1) is 12.4 Å². The number of nitrogens with zero attached hydrogens (tertiary/aromatic N) is 1. The molecule has 1 aromatic carbocycles. The van der Waals surface area contributed by atoms with Gasteiger partial charge in [0.15, 0.2) is 0 Å². The van der Waals surface area contributed by atoms with Gasteiger partial charge in [0.1, 0.15) is 0 Å². The largest absolute Gasteiger partial charge is 0.333 e. The van der Waals surface area contributed by atoms with E-state index in [0.29, 0.717) is 16.6 Å². The van der Waals surface area contributed by atoms with E-state index in [1.165, 1.54) is 0 Å². The van der Waals surface area contributed by atoms with Crippen LogP contribution in [0.1, 0.15) is 24.2 Å². The Kier molecular flexibility index (Phi) is 6.12. The lowest BCUT2D eigenvalue weighted by Crippen LogP contribution is -2.56. The molecule has 2 unspecified atom stereocenters. The first kappa shape index (κ1) is 16.8. The Labute approximate surface area is 133 Å². The summed E-state index contributed by atoms with van der Waals surface area (Å²) in [7, 11) is 0. The number of piperazine rings is 1. The zero-order chi connectivity index (χ0) is 13.3. The van der Waals surface area contributed by atoms with E-state index in [-0.39, 0.29) is 24.4 Å². The Bertz CT molecular complexity index is 470. The molecule has 19 heavy (non-hydrogen) atoms. The molecule has 0 bridgehead atoms. The van der Waals surface area contributed by atoms with E-state index in [0.717, 1.165) is 17.6 Å². The topological polar surface area (TPSA) is 32.3 Å². The number of hydrogen-bond donors (Lipinski definition) is 1. The lowest BCUT2D eigenvalue weighted by atomic mass is 10.1. The maximum atomic E-state index is 12.5. The van der Waals surface area contributed by atoms with Crippen molar-refractivity contribution >= 4 is 45.8 Å². The number of hydrogen-bond acceptors (Lipinski definition) is 2. The predicted octanol–water partition coefficient (Wildman–Crippen LogP) is 3.35. The summed E-state index contributed by atoms with van der Waals surface area (Å²) >= 11 is 9.30. The van der Waals surface area contributed by atoms with Gasteiger partial charge in [-0.1, -0.05) is 11.6 Å². The van der Waals surface area contributed by atoms with E-state index in [2.05, 4.69) is 35.1 Å². The van der Waals surface area contributed by atoms with Crippen molar-refractivity contribution < 1.29 is 4.79 Å². The van der Waals surface area contributed by atoms with Crippen molar-refractivity contribution in [1.82, 2.24) is 10.2 Å². The molecule has 1 aromatic rings. The van der Waals surface area contributed by atoms with Crippen molar-refractivity contribution in [2.45, 2.75) is 25.9 Å². The molecule has 0 spiro atoms. The molecular formula is C13H17BrCl2N2O. The Balaban J connectivity index is 0.00000180. The predicted molar refractivity (Wildman–Crippen MR) is 84.4 cm³/mol. The zero-order valence-corrected chi connectivity index (χ0v) is 14.0. The lowest BCUT2D eigenvalue weighted by molar-refractivity contribution is 0.0615. The monoisotopic (exact) mass is 366 g/mol. The average Bonchev–Trinajstić information content (AvgIpc) is 2.31. The number of benzene rings is 1. The SMILES string of the molecule is CC1CN(C(=O)c2ccc(Cl)cc2Br)C(C)CN1.Cl. The molecule has 0 aromatic heterocycles. The standard InChI is InChI=1S/C13H16BrClN2O.ClH/c1-8-7-17(9(2)6-16-8)13(18)11-4-3-10(15)5-12(11)14;/h3-5,8-9,16H,6-7H2,1-2H3;1H. The molecular weight excluding hydrogens is 351 g/mol. The Morgan fingerprint density at radius 3 is 2.79 bits per heavy atom. The second-order valence-electron chi connectivity index (χ2n) is 4.74. The first-order valence-electron chi connectivity index (χ1n) is 5.98. The van der Waals surface area contributed by atoms with Crippen LogP contribution in [0.4, 0.5) is 0 Å². The lowest BCUT2D eigenvalue weighted by Gasteiger charge is -2.37. The van der Waals surface area contributed by atoms with Gasteiger partial charge in [-0.05, 0) is 48.0 Å². The summed E-state index contributed by atoms with van der Waals surface area (Å²) in [6.45, 7) is 5.71. The summed E-state index contributed by atoms with van der Waals surface area (Å²) in [5.41, 5.74) is 0.667. The molecule has 0 aliphatic carbocycles. The van der Waals surface area contributed by atoms with Crippen LogP contribution in [-0.2, 0) is 0 Å². The Morgan fingerprint density at radius 2 is 2.16 bits per heavy atom. The number of amides is 1. The third-order valence-corrected chi connectivity index (χ3v) is 4.08. The van der Waals surface area contributed by atoms with Crippen molar-refractivity contribution in [2.75, 3.05) is 13.1 Å². The van der Waals surface area contributed by atoms with Gasteiger partial charge in [0, 0.05) is 34.7 Å². The minimum Gasteiger partial charge on any atom is -0.333 e. The fourth-order valence-corrected chi connectivity index (χ4v) is 2.97. The van der Waals surface area contributed by atoms with E-state index in [9.17, 15) is 4.79 Å². The summed E-state index contributed by atoms with van der Waals surface area (Å²) in [6, 6.07) is 5.81. The summed E-state index contributed by atoms with van der Waals surface area (Å²) < 4.78 is 0.749. The number of rotatable bonds is 1. The number of carbonyl (C=O) groups excluding carboxylic acids is 1. The van der Waals surface area contributed by atoms with Crippen LogP contribution in [0.2, 0.25) is 5.02 Å². The van der Waals surface area contributed by atoms with Gasteiger partial charge in [-0.25, -0.2) is 0 Å². The van der Waals surface area contributed by atoms with Gasteiger partial charge < -0.3 is 10.2 Å². The molecule has 1 saturated heterocycles. The highest BCUT2D eigenvalue weighted by atomic mass is 79.9. The average molecular weight is 368 g/mol. The van der Waals surface area contributed by atoms with Crippen LogP contribution in [0, 0.1) is 0 Å². The second kappa shape index (κ2) is 6.93. The summed E-state index contributed by atoms with van der Waals surface area (Å²) in [4.78, 5) is 14.4. The van der Waals surface area contributed by atoms with Gasteiger partial charge in [0.2, 0.25) is 0 Å². The molecule has 2 rings (SSSR count). The van der Waals surface area contributed by atoms with Gasteiger partial charge in [-0.2, -0.15) is 0 Å². The fourth-order valence-electron chi connectivity index (χ4n) is 2.12. The van der Waals surface area contributed by atoms with Gasteiger partial charge in [-0.3, -0.25) is 4.79 Å². The van der Waals surface area contributed by atoms with E-state index >= 15 is 0 Å². The third kappa shape index (κ3) is 3.85. The van der Waals surface area contributed by atoms with Crippen molar-refractivity contribution in [3.63, 3.8) is 0 Å². The molecule has 106 valence electrons. The van der Waals surface area contributed by atoms with E-state index in [1.807, 2.05) is 4.90 Å². The highest BCUT2D eigenvalue weighted by molar-refractivity contribution is 9.10. The molecule has 1 fully saturated rings. The molecule has 1 N–H and O–H groups in total. The van der Waals surface area contributed by atoms with Crippen LogP contribution in [-0.4, -0.2) is 36.0 Å². The number of nitrogens with one attached hydrogen (secondary N) is 1. The highest BCUT2D eigenvalue weighted by Gasteiger charge is 2.28. The maximum absolute atomic E-state index is 12.5. The molecule has 1 heterocycles. The summed E-state index contributed by atoms with van der Waals surface area (Å²) in [5.74, 6) is 0.0550. The van der Waals surface area contributed by atoms with Crippen LogP contribution in [0.5, 0.6) is 0 Å². The van der Waals surface area contributed by atoms with E-state index in [1.54, 1.807) is 18.2 Å². The molecule has 0 radical (unpaired) electrons. The molecule has 1 aliphatic heterocycles. The van der Waals surface area contributed by atoms with Crippen LogP contribution in [0.3, 0.4) is 0 Å². The van der Waals surface area contributed by atoms with Crippen molar-refractivity contribution in [1.29, 1.82) is 0 Å². The molecule has 3 nitrogen and oxygen atoms in total. The van der Waals surface area contributed by atoms with Crippen molar-refractivity contribution in [3.8, 4) is 0 Å². The molecule has 2 atom stereocenters. The molecule has 6 heteroatoms. The third-order valence-electron chi connectivity index (χ3n) is 3.19. The van der Waals surface area contributed by atoms with Crippen molar-refractivity contribution in [2.24, 2.45) is 0 Å². The molecule has 1 aliphatic rings. The van der Waals surface area contributed by atoms with Crippen LogP contribution in [0.25, 0.3) is 0 Å². The first-order valence-corrected chi connectivity index (χ1v) is 7.15. The first-order chi connectivity index (χ1) is 8.49. The summed E-state index contributed by atoms with van der Waals surface area (Å²) in [6.07, 6.45) is 0. The zero-order valence-electron chi connectivity index (χ0n) is 10.8. The highest BCUT2D eigenvalue weighted by Crippen LogP contribution is 2.24. The summed E-state index contributed by atoms with van der Waals surface area (Å²) in [5, 5.41) is 3.99. The van der Waals surface area contributed by atoms with Gasteiger partial charge in [0.25, 0.3) is 5.91 Å². The van der Waals surface area contributed by atoms with Crippen LogP contribution in [0.15, 0.2) is 22.7 Å². The van der Waals surface area contributed by atoms with Gasteiger partial charge in [0.05, 0.1) is 5.56 Å². The second-order valence-corrected chi connectivity index (χ2v) is 6.03. The quantitative estimate of drug-likeness (QED) is 0.825. The van der Waals surface area contributed by atoms with Gasteiger partial charge >= 0.3 is 0 Å². The smallest absolute Gasteiger partial charge is 0.255 e. The Morgan fingerprint density at radius 1 is 1.47 bits per heavy atom. The van der Waals surface area contributed by atoms with Crippen LogP contribution < -0.4 is 5.32 Å². The number of halogens is 3. The van der Waals surface area contributed by atoms with Crippen LogP contribution >= 0.6 is 39.9 Å².